The fraction of sp³-hybridized carbons (Fsp3) is 0.333. The van der Waals surface area contributed by atoms with Crippen molar-refractivity contribution in [2.75, 3.05) is 7.11 Å². The minimum Gasteiger partial charge on any atom is -0.497 e. The highest BCUT2D eigenvalue weighted by Gasteiger charge is 2.33. The third kappa shape index (κ3) is 4.64. The molecule has 1 amide bonds. The van der Waals surface area contributed by atoms with E-state index >= 15 is 0 Å². The molecule has 0 unspecified atom stereocenters. The van der Waals surface area contributed by atoms with Gasteiger partial charge < -0.3 is 19.3 Å². The number of halogens is 3. The molecule has 0 saturated heterocycles. The van der Waals surface area contributed by atoms with Crippen molar-refractivity contribution in [1.82, 2.24) is 10.5 Å². The molecule has 0 bridgehead atoms. The Morgan fingerprint density at radius 1 is 1.33 bits per heavy atom. The standard InChI is InChI=1S/C15H15F3N2O4/c1-3-9-6-11(24-20-9)8-19-14(21)12-7-10(22-2)4-5-13(12)23-15(16,17)18/h4-7H,3,8H2,1-2H3,(H,19,21). The SMILES string of the molecule is CCc1cc(CNC(=O)c2cc(OC)ccc2OC(F)(F)F)on1. The van der Waals surface area contributed by atoms with Crippen LogP contribution in [0, 0.1) is 0 Å². The monoisotopic (exact) mass is 344 g/mol. The maximum atomic E-state index is 12.5. The molecule has 1 aromatic heterocycles. The second-order valence-corrected chi connectivity index (χ2v) is 4.73. The van der Waals surface area contributed by atoms with E-state index in [0.717, 1.165) is 12.1 Å². The fourth-order valence-electron chi connectivity index (χ4n) is 1.90. The molecule has 0 saturated carbocycles. The quantitative estimate of drug-likeness (QED) is 0.872. The predicted octanol–water partition coefficient (Wildman–Crippen LogP) is 3.07. The van der Waals surface area contributed by atoms with Crippen LogP contribution in [0.15, 0.2) is 28.8 Å². The molecule has 0 aliphatic rings. The summed E-state index contributed by atoms with van der Waals surface area (Å²) in [5, 5.41) is 6.21. The summed E-state index contributed by atoms with van der Waals surface area (Å²) in [4.78, 5) is 12.2. The minimum absolute atomic E-state index is 0.0193. The second-order valence-electron chi connectivity index (χ2n) is 4.73. The Balaban J connectivity index is 2.16. The van der Waals surface area contributed by atoms with E-state index in [4.69, 9.17) is 9.26 Å². The summed E-state index contributed by atoms with van der Waals surface area (Å²) in [5.41, 5.74) is 0.406. The van der Waals surface area contributed by atoms with Gasteiger partial charge >= 0.3 is 6.36 Å². The van der Waals surface area contributed by atoms with E-state index in [-0.39, 0.29) is 17.9 Å². The molecule has 2 aromatic rings. The number of aromatic nitrogens is 1. The summed E-state index contributed by atoms with van der Waals surface area (Å²) in [5.74, 6) is -0.765. The molecule has 0 atom stereocenters. The topological polar surface area (TPSA) is 73.6 Å². The van der Waals surface area contributed by atoms with Gasteiger partial charge in [-0.05, 0) is 24.6 Å². The lowest BCUT2D eigenvalue weighted by atomic mass is 10.1. The molecule has 1 aromatic carbocycles. The van der Waals surface area contributed by atoms with E-state index in [1.807, 2.05) is 6.92 Å². The minimum atomic E-state index is -4.91. The Labute approximate surface area is 135 Å². The zero-order chi connectivity index (χ0) is 17.7. The highest BCUT2D eigenvalue weighted by Crippen LogP contribution is 2.29. The van der Waals surface area contributed by atoms with Crippen LogP contribution in [0.25, 0.3) is 0 Å². The van der Waals surface area contributed by atoms with Crippen molar-refractivity contribution >= 4 is 5.91 Å². The van der Waals surface area contributed by atoms with Crippen molar-refractivity contribution in [3.8, 4) is 11.5 Å². The second kappa shape index (κ2) is 7.24. The first kappa shape index (κ1) is 17.6. The number of ether oxygens (including phenoxy) is 2. The number of nitrogens with zero attached hydrogens (tertiary/aromatic N) is 1. The number of carbonyl (C=O) groups is 1. The van der Waals surface area contributed by atoms with Gasteiger partial charge in [0, 0.05) is 6.07 Å². The summed E-state index contributed by atoms with van der Waals surface area (Å²) in [6.45, 7) is 1.87. The zero-order valence-electron chi connectivity index (χ0n) is 12.9. The van der Waals surface area contributed by atoms with Gasteiger partial charge in [-0.3, -0.25) is 4.79 Å². The van der Waals surface area contributed by atoms with Crippen LogP contribution in [-0.2, 0) is 13.0 Å². The van der Waals surface area contributed by atoms with E-state index in [1.54, 1.807) is 6.07 Å². The van der Waals surface area contributed by atoms with Crippen LogP contribution >= 0.6 is 0 Å². The molecule has 1 N–H and O–H groups in total. The van der Waals surface area contributed by atoms with Crippen LogP contribution in [0.5, 0.6) is 11.5 Å². The molecule has 6 nitrogen and oxygen atoms in total. The number of rotatable bonds is 6. The van der Waals surface area contributed by atoms with Gasteiger partial charge in [0.05, 0.1) is 24.9 Å². The van der Waals surface area contributed by atoms with Gasteiger partial charge in [0.15, 0.2) is 5.76 Å². The zero-order valence-corrected chi connectivity index (χ0v) is 12.9. The summed E-state index contributed by atoms with van der Waals surface area (Å²) in [6, 6.07) is 5.10. The van der Waals surface area contributed by atoms with E-state index in [1.165, 1.54) is 13.2 Å². The van der Waals surface area contributed by atoms with Gasteiger partial charge in [0.2, 0.25) is 0 Å². The number of carbonyl (C=O) groups excluding carboxylic acids is 1. The van der Waals surface area contributed by atoms with Gasteiger partial charge in [-0.25, -0.2) is 0 Å². The maximum Gasteiger partial charge on any atom is 0.573 e. The molecular weight excluding hydrogens is 329 g/mol. The van der Waals surface area contributed by atoms with Crippen molar-refractivity contribution in [2.45, 2.75) is 26.3 Å². The summed E-state index contributed by atoms with van der Waals surface area (Å²) >= 11 is 0. The van der Waals surface area contributed by atoms with Gasteiger partial charge in [0.25, 0.3) is 5.91 Å². The van der Waals surface area contributed by atoms with Crippen molar-refractivity contribution in [3.63, 3.8) is 0 Å². The Hall–Kier alpha value is -2.71. The first-order valence-electron chi connectivity index (χ1n) is 6.99. The Kier molecular flexibility index (Phi) is 5.32. The van der Waals surface area contributed by atoms with Crippen LogP contribution < -0.4 is 14.8 Å². The molecular formula is C15H15F3N2O4. The highest BCUT2D eigenvalue weighted by atomic mass is 19.4. The molecule has 130 valence electrons. The molecule has 0 fully saturated rings. The lowest BCUT2D eigenvalue weighted by Crippen LogP contribution is -2.25. The Bertz CT molecular complexity index is 713. The number of amides is 1. The predicted molar refractivity (Wildman–Crippen MR) is 76.7 cm³/mol. The van der Waals surface area contributed by atoms with E-state index in [0.29, 0.717) is 17.9 Å². The average Bonchev–Trinajstić information content (AvgIpc) is 2.99. The lowest BCUT2D eigenvalue weighted by Gasteiger charge is -2.14. The van der Waals surface area contributed by atoms with Crippen LogP contribution in [0.3, 0.4) is 0 Å². The van der Waals surface area contributed by atoms with E-state index in [2.05, 4.69) is 15.2 Å². The molecule has 0 radical (unpaired) electrons. The third-order valence-electron chi connectivity index (χ3n) is 3.05. The molecule has 9 heteroatoms. The number of alkyl halides is 3. The molecule has 0 spiro atoms. The Morgan fingerprint density at radius 3 is 2.67 bits per heavy atom. The number of aryl methyl sites for hydroxylation is 1. The van der Waals surface area contributed by atoms with Crippen molar-refractivity contribution in [1.29, 1.82) is 0 Å². The van der Waals surface area contributed by atoms with Crippen LogP contribution in [-0.4, -0.2) is 24.5 Å². The lowest BCUT2D eigenvalue weighted by molar-refractivity contribution is -0.274. The first-order valence-corrected chi connectivity index (χ1v) is 6.99. The van der Waals surface area contributed by atoms with Crippen LogP contribution in [0.4, 0.5) is 13.2 Å². The Morgan fingerprint density at radius 2 is 2.08 bits per heavy atom. The molecule has 2 rings (SSSR count). The van der Waals surface area contributed by atoms with Gasteiger partial charge in [-0.15, -0.1) is 13.2 Å². The number of hydrogen-bond donors (Lipinski definition) is 1. The van der Waals surface area contributed by atoms with Crippen LogP contribution in [0.1, 0.15) is 28.7 Å². The number of hydrogen-bond acceptors (Lipinski definition) is 5. The molecule has 24 heavy (non-hydrogen) atoms. The van der Waals surface area contributed by atoms with Gasteiger partial charge in [-0.1, -0.05) is 12.1 Å². The third-order valence-corrected chi connectivity index (χ3v) is 3.05. The normalized spacial score (nSPS) is 11.2. The highest BCUT2D eigenvalue weighted by molar-refractivity contribution is 5.97. The fourth-order valence-corrected chi connectivity index (χ4v) is 1.90. The number of nitrogens with one attached hydrogen (secondary N) is 1. The van der Waals surface area contributed by atoms with E-state index < -0.39 is 18.0 Å². The molecule has 1 heterocycles. The summed E-state index contributed by atoms with van der Waals surface area (Å²) < 4.78 is 51.2. The largest absolute Gasteiger partial charge is 0.573 e. The number of methoxy groups -OCH3 is 1. The van der Waals surface area contributed by atoms with Crippen molar-refractivity contribution in [3.05, 3.63) is 41.3 Å². The smallest absolute Gasteiger partial charge is 0.497 e. The molecule has 0 aliphatic carbocycles. The number of benzene rings is 1. The van der Waals surface area contributed by atoms with E-state index in [9.17, 15) is 18.0 Å². The first-order chi connectivity index (χ1) is 11.3. The maximum absolute atomic E-state index is 12.5. The average molecular weight is 344 g/mol. The summed E-state index contributed by atoms with van der Waals surface area (Å²) in [7, 11) is 1.34. The summed E-state index contributed by atoms with van der Waals surface area (Å²) in [6.07, 6.45) is -4.25. The van der Waals surface area contributed by atoms with Gasteiger partial charge in [-0.2, -0.15) is 0 Å². The molecule has 0 aliphatic heterocycles. The van der Waals surface area contributed by atoms with Crippen molar-refractivity contribution < 1.29 is 32.0 Å². The van der Waals surface area contributed by atoms with Crippen LogP contribution in [0.2, 0.25) is 0 Å². The van der Waals surface area contributed by atoms with Gasteiger partial charge in [0.1, 0.15) is 11.5 Å². The van der Waals surface area contributed by atoms with Crippen molar-refractivity contribution in [2.24, 2.45) is 0 Å².